The Hall–Kier alpha value is 0.0600. The third-order valence-electron chi connectivity index (χ3n) is 0.402. The van der Waals surface area contributed by atoms with Gasteiger partial charge in [0.2, 0.25) is 7.37 Å². The van der Waals surface area contributed by atoms with Gasteiger partial charge in [0, 0.05) is 13.3 Å². The average Bonchev–Trinajstić information content (AvgIpc) is 1.30. The highest BCUT2D eigenvalue weighted by Crippen LogP contribution is 2.36. The Morgan fingerprint density at radius 3 is 2.14 bits per heavy atom. The van der Waals surface area contributed by atoms with E-state index in [0.717, 1.165) is 0 Å². The van der Waals surface area contributed by atoms with E-state index in [4.69, 9.17) is 0 Å². The predicted octanol–water partition coefficient (Wildman–Crippen LogP) is 1.37. The summed E-state index contributed by atoms with van der Waals surface area (Å²) in [6.07, 6.45) is 0. The second-order valence-electron chi connectivity index (χ2n) is 1.59. The van der Waals surface area contributed by atoms with E-state index in [2.05, 4.69) is 11.4 Å². The first-order valence-corrected chi connectivity index (χ1v) is 4.57. The lowest BCUT2D eigenvalue weighted by atomic mass is 10.9. The fourth-order valence-electron chi connectivity index (χ4n) is 0.220. The molecule has 0 rings (SSSR count). The topological polar surface area (TPSA) is 26.3 Å². The smallest absolute Gasteiger partial charge is 0.200 e. The first-order chi connectivity index (χ1) is 3.06. The van der Waals surface area contributed by atoms with Gasteiger partial charge in [0.1, 0.15) is 0 Å². The molecule has 0 aliphatic rings. The summed E-state index contributed by atoms with van der Waals surface area (Å²) in [7, 11) is -2.23. The highest BCUT2D eigenvalue weighted by Gasteiger charge is 2.04. The van der Waals surface area contributed by atoms with Crippen molar-refractivity contribution in [2.24, 2.45) is 0 Å². The van der Waals surface area contributed by atoms with E-state index < -0.39 is 7.37 Å². The van der Waals surface area contributed by atoms with Crippen molar-refractivity contribution in [1.82, 2.24) is 0 Å². The molecule has 0 aromatic heterocycles. The Bertz CT molecular complexity index is 83.7. The van der Waals surface area contributed by atoms with E-state index in [9.17, 15) is 4.57 Å². The Kier molecular flexibility index (Phi) is 2.41. The van der Waals surface area contributed by atoms with Crippen LogP contribution in [0.4, 0.5) is 0 Å². The van der Waals surface area contributed by atoms with Crippen molar-refractivity contribution in [2.45, 2.75) is 0 Å². The maximum absolute atomic E-state index is 10.6. The maximum atomic E-state index is 10.6. The van der Waals surface area contributed by atoms with Crippen molar-refractivity contribution in [1.29, 1.82) is 0 Å². The normalized spacial score (nSPS) is 11.7. The van der Waals surface area contributed by atoms with Gasteiger partial charge in [0.25, 0.3) is 0 Å². The summed E-state index contributed by atoms with van der Waals surface area (Å²) in [6, 6.07) is 0. The molecule has 3 heteroatoms. The lowest BCUT2D eigenvalue weighted by Gasteiger charge is -1.99. The second kappa shape index (κ2) is 2.39. The fourth-order valence-corrected chi connectivity index (χ4v) is 0.660. The van der Waals surface area contributed by atoms with Crippen molar-refractivity contribution >= 4 is 7.37 Å². The first kappa shape index (κ1) is 7.06. The summed E-state index contributed by atoms with van der Waals surface area (Å²) < 4.78 is 15.2. The molecule has 7 heavy (non-hydrogen) atoms. The van der Waals surface area contributed by atoms with E-state index in [1.807, 2.05) is 0 Å². The number of rotatable bonds is 2. The molecule has 0 saturated heterocycles. The van der Waals surface area contributed by atoms with Crippen LogP contribution in [0, 0.1) is 6.92 Å². The summed E-state index contributed by atoms with van der Waals surface area (Å²) in [5.74, 6) is 0. The van der Waals surface area contributed by atoms with Gasteiger partial charge in [-0.1, -0.05) is 0 Å². The number of hydrogen-bond donors (Lipinski definition) is 0. The van der Waals surface area contributed by atoms with E-state index in [1.165, 1.54) is 0 Å². The van der Waals surface area contributed by atoms with Crippen molar-refractivity contribution < 1.29 is 9.09 Å². The third kappa shape index (κ3) is 6.06. The minimum Gasteiger partial charge on any atom is -0.293 e. The fraction of sp³-hybridized carbons (Fsp3) is 0.750. The largest absolute Gasteiger partial charge is 0.293 e. The Morgan fingerprint density at radius 1 is 1.71 bits per heavy atom. The molecule has 0 aromatic rings. The van der Waals surface area contributed by atoms with Crippen LogP contribution in [-0.4, -0.2) is 19.9 Å². The molecule has 0 aliphatic heterocycles. The molecule has 2 nitrogen and oxygen atoms in total. The summed E-state index contributed by atoms with van der Waals surface area (Å²) in [6.45, 7) is 6.81. The molecule has 0 saturated carbocycles. The quantitative estimate of drug-likeness (QED) is 0.407. The third-order valence-corrected chi connectivity index (χ3v) is 1.21. The van der Waals surface area contributed by atoms with Crippen LogP contribution in [0.15, 0.2) is 0 Å². The Balaban J connectivity index is 3.36. The van der Waals surface area contributed by atoms with Gasteiger partial charge in [-0.15, -0.1) is 0 Å². The molecule has 42 valence electrons. The van der Waals surface area contributed by atoms with E-state index in [-0.39, 0.29) is 0 Å². The van der Waals surface area contributed by atoms with Crippen LogP contribution in [0.2, 0.25) is 0 Å². The number of hydrogen-bond acceptors (Lipinski definition) is 2. The van der Waals surface area contributed by atoms with Crippen molar-refractivity contribution in [2.75, 3.05) is 19.9 Å². The highest BCUT2D eigenvalue weighted by molar-refractivity contribution is 7.57. The maximum Gasteiger partial charge on any atom is 0.200 e. The summed E-state index contributed by atoms with van der Waals surface area (Å²) in [5, 5.41) is 0. The van der Waals surface area contributed by atoms with Crippen LogP contribution in [0.5, 0.6) is 0 Å². The predicted molar refractivity (Wildman–Crippen MR) is 30.8 cm³/mol. The van der Waals surface area contributed by atoms with E-state index >= 15 is 0 Å². The van der Waals surface area contributed by atoms with Crippen LogP contribution < -0.4 is 0 Å². The van der Waals surface area contributed by atoms with Crippen LogP contribution in [-0.2, 0) is 9.09 Å². The molecule has 0 atom stereocenters. The minimum absolute atomic E-state index is 0.296. The summed E-state index contributed by atoms with van der Waals surface area (Å²) >= 11 is 0. The Morgan fingerprint density at radius 2 is 2.14 bits per heavy atom. The zero-order valence-electron chi connectivity index (χ0n) is 4.68. The van der Waals surface area contributed by atoms with Crippen LogP contribution in [0.3, 0.4) is 0 Å². The van der Waals surface area contributed by atoms with Gasteiger partial charge in [-0.2, -0.15) is 0 Å². The van der Waals surface area contributed by atoms with Crippen molar-refractivity contribution in [3.63, 3.8) is 0 Å². The molecule has 0 unspecified atom stereocenters. The molecule has 0 aliphatic carbocycles. The molecule has 0 amide bonds. The lowest BCUT2D eigenvalue weighted by molar-refractivity contribution is 0.360. The molecule has 0 fully saturated rings. The second-order valence-corrected chi connectivity index (χ2v) is 4.35. The monoisotopic (exact) mass is 121 g/mol. The average molecular weight is 121 g/mol. The van der Waals surface area contributed by atoms with Gasteiger partial charge in [-0.25, -0.2) is 0 Å². The SMILES string of the molecule is [CH2+]COP(C)(C)=O. The highest BCUT2D eigenvalue weighted by atomic mass is 31.2. The molecule has 0 heterocycles. The summed E-state index contributed by atoms with van der Waals surface area (Å²) in [5.41, 5.74) is 0. The van der Waals surface area contributed by atoms with Crippen molar-refractivity contribution in [3.05, 3.63) is 6.92 Å². The van der Waals surface area contributed by atoms with Gasteiger partial charge < -0.3 is 0 Å². The first-order valence-electron chi connectivity index (χ1n) is 2.05. The lowest BCUT2D eigenvalue weighted by Crippen LogP contribution is -1.83. The van der Waals surface area contributed by atoms with Gasteiger partial charge >= 0.3 is 0 Å². The zero-order valence-corrected chi connectivity index (χ0v) is 5.57. The van der Waals surface area contributed by atoms with Crippen molar-refractivity contribution in [3.8, 4) is 0 Å². The van der Waals surface area contributed by atoms with Crippen LogP contribution >= 0.6 is 7.37 Å². The minimum atomic E-state index is -2.23. The molecule has 0 aromatic carbocycles. The molecular formula is C4H10O2P+. The van der Waals surface area contributed by atoms with Gasteiger partial charge in [0.15, 0.2) is 6.61 Å². The van der Waals surface area contributed by atoms with Crippen LogP contribution in [0.25, 0.3) is 0 Å². The standard InChI is InChI=1S/C4H10O2P/c1-4-6-7(2,3)5/h1,4H2,2-3H3/q+1. The zero-order chi connectivity index (χ0) is 5.91. The molecular weight excluding hydrogens is 111 g/mol. The van der Waals surface area contributed by atoms with Crippen LogP contribution in [0.1, 0.15) is 0 Å². The van der Waals surface area contributed by atoms with Gasteiger partial charge in [0.05, 0.1) is 6.92 Å². The summed E-state index contributed by atoms with van der Waals surface area (Å²) in [4.78, 5) is 0. The van der Waals surface area contributed by atoms with E-state index in [0.29, 0.717) is 6.61 Å². The Labute approximate surface area is 44.3 Å². The van der Waals surface area contributed by atoms with E-state index in [1.54, 1.807) is 13.3 Å². The van der Waals surface area contributed by atoms with Gasteiger partial charge in [-0.3, -0.25) is 9.09 Å². The molecule has 0 bridgehead atoms. The molecule has 0 spiro atoms. The molecule has 0 N–H and O–H groups in total. The van der Waals surface area contributed by atoms with Gasteiger partial charge in [-0.05, 0) is 0 Å². The molecule has 0 radical (unpaired) electrons.